The summed E-state index contributed by atoms with van der Waals surface area (Å²) in [6, 6.07) is 6.91. The number of carbonyl (C=O) groups excluding carboxylic acids is 1. The molecule has 1 aliphatic carbocycles. The predicted molar refractivity (Wildman–Crippen MR) is 77.5 cm³/mol. The summed E-state index contributed by atoms with van der Waals surface area (Å²) in [5, 5.41) is 11.4. The van der Waals surface area contributed by atoms with Gasteiger partial charge in [0, 0.05) is 25.4 Å². The third kappa shape index (κ3) is 4.42. The van der Waals surface area contributed by atoms with E-state index in [4.69, 9.17) is 5.11 Å². The molecular weight excluding hydrogens is 256 g/mol. The van der Waals surface area contributed by atoms with Crippen LogP contribution < -0.4 is 5.32 Å². The number of hydrogen-bond donors (Lipinski definition) is 2. The number of nitrogens with one attached hydrogen (secondary N) is 1. The highest BCUT2D eigenvalue weighted by atomic mass is 16.4. The molecule has 1 fully saturated rings. The van der Waals surface area contributed by atoms with Crippen LogP contribution in [-0.4, -0.2) is 35.6 Å². The first-order valence-electron chi connectivity index (χ1n) is 6.58. The van der Waals surface area contributed by atoms with Gasteiger partial charge in [0.25, 0.3) is 0 Å². The highest BCUT2D eigenvalue weighted by molar-refractivity contribution is 5.89. The van der Waals surface area contributed by atoms with Crippen LogP contribution in [0.5, 0.6) is 0 Å². The summed E-state index contributed by atoms with van der Waals surface area (Å²) in [5.41, 5.74) is 1.47. The first kappa shape index (κ1) is 14.1. The van der Waals surface area contributed by atoms with Gasteiger partial charge in [-0.15, -0.1) is 0 Å². The maximum atomic E-state index is 11.9. The van der Waals surface area contributed by atoms with Gasteiger partial charge in [-0.05, 0) is 42.5 Å². The van der Waals surface area contributed by atoms with Crippen molar-refractivity contribution in [3.05, 3.63) is 35.9 Å². The van der Waals surface area contributed by atoms with Crippen LogP contribution in [0.25, 0.3) is 6.08 Å². The SMILES string of the molecule is CN(CC1CC1)C(=O)Nc1ccc(C=CC(=O)O)cc1. The normalized spacial score (nSPS) is 14.2. The van der Waals surface area contributed by atoms with Gasteiger partial charge in [-0.25, -0.2) is 9.59 Å². The molecule has 0 heterocycles. The van der Waals surface area contributed by atoms with Crippen molar-refractivity contribution in [2.24, 2.45) is 5.92 Å². The fourth-order valence-electron chi connectivity index (χ4n) is 1.83. The van der Waals surface area contributed by atoms with Crippen molar-refractivity contribution in [2.75, 3.05) is 18.9 Å². The summed E-state index contributed by atoms with van der Waals surface area (Å²) >= 11 is 0. The van der Waals surface area contributed by atoms with Gasteiger partial charge in [0.2, 0.25) is 0 Å². The van der Waals surface area contributed by atoms with Gasteiger partial charge in [0.1, 0.15) is 0 Å². The Hall–Kier alpha value is -2.30. The minimum atomic E-state index is -0.982. The van der Waals surface area contributed by atoms with Crippen LogP contribution in [-0.2, 0) is 4.79 Å². The highest BCUT2D eigenvalue weighted by Gasteiger charge is 2.24. The van der Waals surface area contributed by atoms with Crippen molar-refractivity contribution >= 4 is 23.8 Å². The number of hydrogen-bond acceptors (Lipinski definition) is 2. The van der Waals surface area contributed by atoms with Crippen LogP contribution in [0.3, 0.4) is 0 Å². The van der Waals surface area contributed by atoms with E-state index in [2.05, 4.69) is 5.32 Å². The van der Waals surface area contributed by atoms with E-state index in [9.17, 15) is 9.59 Å². The molecule has 2 rings (SSSR count). The van der Waals surface area contributed by atoms with E-state index in [0.29, 0.717) is 11.6 Å². The molecule has 0 aliphatic heterocycles. The summed E-state index contributed by atoms with van der Waals surface area (Å²) < 4.78 is 0. The number of carboxylic acid groups (broad SMARTS) is 1. The molecule has 106 valence electrons. The zero-order valence-electron chi connectivity index (χ0n) is 11.4. The molecule has 2 N–H and O–H groups in total. The highest BCUT2D eigenvalue weighted by Crippen LogP contribution is 2.29. The number of carboxylic acids is 1. The van der Waals surface area contributed by atoms with Gasteiger partial charge in [-0.2, -0.15) is 0 Å². The molecule has 20 heavy (non-hydrogen) atoms. The molecule has 0 radical (unpaired) electrons. The average molecular weight is 274 g/mol. The quantitative estimate of drug-likeness (QED) is 0.811. The lowest BCUT2D eigenvalue weighted by molar-refractivity contribution is -0.131. The van der Waals surface area contributed by atoms with Crippen molar-refractivity contribution in [3.63, 3.8) is 0 Å². The minimum Gasteiger partial charge on any atom is -0.478 e. The van der Waals surface area contributed by atoms with Crippen LogP contribution in [0.1, 0.15) is 18.4 Å². The molecule has 0 bridgehead atoms. The van der Waals surface area contributed by atoms with Crippen molar-refractivity contribution in [2.45, 2.75) is 12.8 Å². The lowest BCUT2D eigenvalue weighted by Crippen LogP contribution is -2.32. The second-order valence-corrected chi connectivity index (χ2v) is 5.05. The van der Waals surface area contributed by atoms with Crippen molar-refractivity contribution in [1.82, 2.24) is 4.90 Å². The Morgan fingerprint density at radius 2 is 2.00 bits per heavy atom. The smallest absolute Gasteiger partial charge is 0.328 e. The molecule has 0 saturated heterocycles. The largest absolute Gasteiger partial charge is 0.478 e. The molecule has 0 unspecified atom stereocenters. The Morgan fingerprint density at radius 1 is 1.35 bits per heavy atom. The standard InChI is InChI=1S/C15H18N2O3/c1-17(10-12-2-3-12)15(20)16-13-7-4-11(5-8-13)6-9-14(18)19/h4-9,12H,2-3,10H2,1H3,(H,16,20)(H,18,19). The molecule has 5 nitrogen and oxygen atoms in total. The number of anilines is 1. The summed E-state index contributed by atoms with van der Waals surface area (Å²) in [6.07, 6.45) is 5.01. The second kappa shape index (κ2) is 6.23. The Kier molecular flexibility index (Phi) is 4.40. The Bertz CT molecular complexity index is 518. The number of nitrogens with zero attached hydrogens (tertiary/aromatic N) is 1. The molecule has 1 saturated carbocycles. The van der Waals surface area contributed by atoms with Crippen LogP contribution in [0, 0.1) is 5.92 Å². The van der Waals surface area contributed by atoms with Gasteiger partial charge in [0.15, 0.2) is 0 Å². The number of rotatable bonds is 5. The van der Waals surface area contributed by atoms with E-state index in [-0.39, 0.29) is 6.03 Å². The monoisotopic (exact) mass is 274 g/mol. The van der Waals surface area contributed by atoms with E-state index in [0.717, 1.165) is 18.2 Å². The lowest BCUT2D eigenvalue weighted by atomic mass is 10.2. The van der Waals surface area contributed by atoms with Crippen molar-refractivity contribution < 1.29 is 14.7 Å². The molecule has 1 aromatic carbocycles. The number of carbonyl (C=O) groups is 2. The third-order valence-electron chi connectivity index (χ3n) is 3.16. The average Bonchev–Trinajstić information content (AvgIpc) is 3.21. The molecule has 1 aromatic rings. The summed E-state index contributed by atoms with van der Waals surface area (Å²) in [5.74, 6) is -0.321. The molecular formula is C15H18N2O3. The molecule has 0 spiro atoms. The number of aliphatic carboxylic acids is 1. The van der Waals surface area contributed by atoms with Crippen molar-refractivity contribution in [3.8, 4) is 0 Å². The first-order chi connectivity index (χ1) is 9.54. The molecule has 5 heteroatoms. The molecule has 0 atom stereocenters. The number of urea groups is 1. The van der Waals surface area contributed by atoms with Crippen LogP contribution in [0.2, 0.25) is 0 Å². The van der Waals surface area contributed by atoms with Gasteiger partial charge in [0.05, 0.1) is 0 Å². The van der Waals surface area contributed by atoms with E-state index < -0.39 is 5.97 Å². The van der Waals surface area contributed by atoms with Crippen LogP contribution in [0.15, 0.2) is 30.3 Å². The van der Waals surface area contributed by atoms with E-state index in [1.807, 2.05) is 0 Å². The van der Waals surface area contributed by atoms with E-state index in [1.54, 1.807) is 36.2 Å². The van der Waals surface area contributed by atoms with Crippen LogP contribution in [0.4, 0.5) is 10.5 Å². The van der Waals surface area contributed by atoms with Gasteiger partial charge in [-0.1, -0.05) is 12.1 Å². The molecule has 0 aromatic heterocycles. The molecule has 2 amide bonds. The summed E-state index contributed by atoms with van der Waals surface area (Å²) in [4.78, 5) is 24.0. The summed E-state index contributed by atoms with van der Waals surface area (Å²) in [7, 11) is 1.79. The Morgan fingerprint density at radius 3 is 2.55 bits per heavy atom. The second-order valence-electron chi connectivity index (χ2n) is 5.05. The Balaban J connectivity index is 1.89. The summed E-state index contributed by atoms with van der Waals surface area (Å²) in [6.45, 7) is 0.797. The van der Waals surface area contributed by atoms with E-state index in [1.165, 1.54) is 18.9 Å². The van der Waals surface area contributed by atoms with Gasteiger partial charge in [-0.3, -0.25) is 0 Å². The fraction of sp³-hybridized carbons (Fsp3) is 0.333. The van der Waals surface area contributed by atoms with Crippen molar-refractivity contribution in [1.29, 1.82) is 0 Å². The predicted octanol–water partition coefficient (Wildman–Crippen LogP) is 2.66. The minimum absolute atomic E-state index is 0.120. The zero-order chi connectivity index (χ0) is 14.5. The van der Waals surface area contributed by atoms with Gasteiger partial charge >= 0.3 is 12.0 Å². The maximum Gasteiger partial charge on any atom is 0.328 e. The number of benzene rings is 1. The topological polar surface area (TPSA) is 69.6 Å². The number of amides is 2. The lowest BCUT2D eigenvalue weighted by Gasteiger charge is -2.17. The maximum absolute atomic E-state index is 11.9. The third-order valence-corrected chi connectivity index (χ3v) is 3.16. The van der Waals surface area contributed by atoms with Gasteiger partial charge < -0.3 is 15.3 Å². The zero-order valence-corrected chi connectivity index (χ0v) is 11.4. The Labute approximate surface area is 117 Å². The first-order valence-corrected chi connectivity index (χ1v) is 6.58. The van der Waals surface area contributed by atoms with Crippen LogP contribution >= 0.6 is 0 Å². The van der Waals surface area contributed by atoms with E-state index >= 15 is 0 Å². The molecule has 1 aliphatic rings. The fourth-order valence-corrected chi connectivity index (χ4v) is 1.83.